The summed E-state index contributed by atoms with van der Waals surface area (Å²) in [6.45, 7) is 1.63. The molecule has 1 heterocycles. The summed E-state index contributed by atoms with van der Waals surface area (Å²) >= 11 is 1.12. The van der Waals surface area contributed by atoms with Gasteiger partial charge in [-0.15, -0.1) is 11.3 Å². The first kappa shape index (κ1) is 16.0. The Labute approximate surface area is 138 Å². The van der Waals surface area contributed by atoms with Crippen LogP contribution in [0, 0.1) is 28.7 Å². The number of anilines is 1. The Balaban J connectivity index is 1.96. The number of aryl methyl sites for hydroxylation is 1. The van der Waals surface area contributed by atoms with Gasteiger partial charge < -0.3 is 5.32 Å². The van der Waals surface area contributed by atoms with Gasteiger partial charge in [-0.3, -0.25) is 14.9 Å². The van der Waals surface area contributed by atoms with Gasteiger partial charge in [-0.05, 0) is 36.8 Å². The molecule has 1 amide bonds. The van der Waals surface area contributed by atoms with Crippen LogP contribution in [0.3, 0.4) is 0 Å². The first-order chi connectivity index (χ1) is 11.4. The third kappa shape index (κ3) is 2.71. The van der Waals surface area contributed by atoms with Crippen molar-refractivity contribution in [2.45, 2.75) is 6.92 Å². The maximum absolute atomic E-state index is 13.9. The highest BCUT2D eigenvalue weighted by Crippen LogP contribution is 2.33. The fourth-order valence-corrected chi connectivity index (χ4v) is 3.51. The van der Waals surface area contributed by atoms with Gasteiger partial charge in [0.05, 0.1) is 9.80 Å². The Bertz CT molecular complexity index is 985. The van der Waals surface area contributed by atoms with Crippen molar-refractivity contribution in [3.8, 4) is 0 Å². The summed E-state index contributed by atoms with van der Waals surface area (Å²) in [4.78, 5) is 22.6. The third-order valence-corrected chi connectivity index (χ3v) is 4.77. The largest absolute Gasteiger partial charge is 0.321 e. The molecule has 3 aromatic rings. The number of carbonyl (C=O) groups is 1. The van der Waals surface area contributed by atoms with E-state index in [0.29, 0.717) is 20.5 Å². The summed E-state index contributed by atoms with van der Waals surface area (Å²) < 4.78 is 27.9. The van der Waals surface area contributed by atoms with Crippen LogP contribution in [0.1, 0.15) is 15.2 Å². The number of thiophene rings is 1. The number of nitro benzene ring substituents is 1. The van der Waals surface area contributed by atoms with Crippen LogP contribution in [0.5, 0.6) is 0 Å². The number of halogens is 2. The van der Waals surface area contributed by atoms with E-state index in [4.69, 9.17) is 0 Å². The van der Waals surface area contributed by atoms with Gasteiger partial charge in [-0.1, -0.05) is 6.07 Å². The Morgan fingerprint density at radius 3 is 2.62 bits per heavy atom. The first-order valence-electron chi connectivity index (χ1n) is 6.81. The van der Waals surface area contributed by atoms with E-state index < -0.39 is 28.2 Å². The van der Waals surface area contributed by atoms with Gasteiger partial charge in [-0.25, -0.2) is 4.39 Å². The van der Waals surface area contributed by atoms with E-state index in [1.807, 2.05) is 0 Å². The standard InChI is InChI=1S/C16H10F2N2O3S/c1-8-14-11(18)3-2-4-13(14)24-15(8)16(21)19-9-5-6-10(17)12(7-9)20(22)23/h2-7H,1H3,(H,19,21). The molecule has 8 heteroatoms. The monoisotopic (exact) mass is 348 g/mol. The Morgan fingerprint density at radius 2 is 1.96 bits per heavy atom. The highest BCUT2D eigenvalue weighted by atomic mass is 32.1. The number of hydrogen-bond acceptors (Lipinski definition) is 4. The highest BCUT2D eigenvalue weighted by Gasteiger charge is 2.20. The number of hydrogen-bond donors (Lipinski definition) is 1. The van der Waals surface area contributed by atoms with E-state index in [1.54, 1.807) is 19.1 Å². The van der Waals surface area contributed by atoms with E-state index >= 15 is 0 Å². The molecule has 2 aromatic carbocycles. The number of rotatable bonds is 3. The average molecular weight is 348 g/mol. The predicted molar refractivity (Wildman–Crippen MR) is 87.5 cm³/mol. The molecule has 0 bridgehead atoms. The summed E-state index contributed by atoms with van der Waals surface area (Å²) in [5, 5.41) is 13.6. The number of nitrogens with one attached hydrogen (secondary N) is 1. The summed E-state index contributed by atoms with van der Waals surface area (Å²) in [5.41, 5.74) is -0.153. The molecule has 0 aliphatic carbocycles. The smallest absolute Gasteiger partial charge is 0.306 e. The van der Waals surface area contributed by atoms with Crippen LogP contribution in [-0.2, 0) is 0 Å². The molecular formula is C16H10F2N2O3S. The van der Waals surface area contributed by atoms with E-state index in [9.17, 15) is 23.7 Å². The van der Waals surface area contributed by atoms with Crippen molar-refractivity contribution >= 4 is 38.7 Å². The van der Waals surface area contributed by atoms with Gasteiger partial charge >= 0.3 is 5.69 Å². The van der Waals surface area contributed by atoms with Crippen LogP contribution in [-0.4, -0.2) is 10.8 Å². The number of benzene rings is 2. The topological polar surface area (TPSA) is 72.2 Å². The minimum Gasteiger partial charge on any atom is -0.321 e. The summed E-state index contributed by atoms with van der Waals surface area (Å²) in [7, 11) is 0. The lowest BCUT2D eigenvalue weighted by Crippen LogP contribution is -2.11. The molecule has 0 radical (unpaired) electrons. The quantitative estimate of drug-likeness (QED) is 0.553. The second kappa shape index (κ2) is 5.97. The van der Waals surface area contributed by atoms with Crippen molar-refractivity contribution in [3.63, 3.8) is 0 Å². The van der Waals surface area contributed by atoms with E-state index in [-0.39, 0.29) is 5.69 Å². The van der Waals surface area contributed by atoms with Crippen LogP contribution < -0.4 is 5.32 Å². The number of fused-ring (bicyclic) bond motifs is 1. The van der Waals surface area contributed by atoms with Gasteiger partial charge in [0, 0.05) is 21.8 Å². The molecule has 0 saturated heterocycles. The summed E-state index contributed by atoms with van der Waals surface area (Å²) in [6, 6.07) is 7.65. The van der Waals surface area contributed by atoms with Crippen molar-refractivity contribution in [1.82, 2.24) is 0 Å². The lowest BCUT2D eigenvalue weighted by molar-refractivity contribution is -0.387. The molecule has 0 unspecified atom stereocenters. The fraction of sp³-hybridized carbons (Fsp3) is 0.0625. The first-order valence-corrected chi connectivity index (χ1v) is 7.63. The van der Waals surface area contributed by atoms with E-state index in [1.165, 1.54) is 12.1 Å². The number of amides is 1. The molecule has 0 aliphatic heterocycles. The maximum Gasteiger partial charge on any atom is 0.306 e. The zero-order valence-electron chi connectivity index (χ0n) is 12.3. The molecule has 0 fully saturated rings. The van der Waals surface area contributed by atoms with Crippen molar-refractivity contribution in [3.05, 3.63) is 68.6 Å². The minimum absolute atomic E-state index is 0.0884. The van der Waals surface area contributed by atoms with Gasteiger partial charge in [0.25, 0.3) is 5.91 Å². The van der Waals surface area contributed by atoms with Crippen LogP contribution in [0.2, 0.25) is 0 Å². The maximum atomic E-state index is 13.9. The van der Waals surface area contributed by atoms with Crippen molar-refractivity contribution in [1.29, 1.82) is 0 Å². The molecule has 0 saturated carbocycles. The highest BCUT2D eigenvalue weighted by molar-refractivity contribution is 7.21. The predicted octanol–water partition coefficient (Wildman–Crippen LogP) is 4.65. The molecule has 0 aliphatic rings. The Kier molecular flexibility index (Phi) is 3.98. The van der Waals surface area contributed by atoms with Crippen molar-refractivity contribution in [2.24, 2.45) is 0 Å². The van der Waals surface area contributed by atoms with Crippen LogP contribution >= 0.6 is 11.3 Å². The van der Waals surface area contributed by atoms with Gasteiger partial charge in [0.1, 0.15) is 5.82 Å². The molecule has 1 N–H and O–H groups in total. The zero-order valence-corrected chi connectivity index (χ0v) is 13.1. The van der Waals surface area contributed by atoms with Gasteiger partial charge in [0.15, 0.2) is 0 Å². The van der Waals surface area contributed by atoms with Crippen LogP contribution in [0.4, 0.5) is 20.2 Å². The molecule has 3 rings (SSSR count). The minimum atomic E-state index is -0.988. The summed E-state index contributed by atoms with van der Waals surface area (Å²) in [5.74, 6) is -1.94. The SMILES string of the molecule is Cc1c(C(=O)Nc2ccc(F)c([N+](=O)[O-])c2)sc2cccc(F)c12. The molecule has 0 spiro atoms. The Hall–Kier alpha value is -2.87. The van der Waals surface area contributed by atoms with Crippen LogP contribution in [0.25, 0.3) is 10.1 Å². The molecule has 24 heavy (non-hydrogen) atoms. The fourth-order valence-electron chi connectivity index (χ4n) is 2.39. The van der Waals surface area contributed by atoms with Crippen molar-refractivity contribution in [2.75, 3.05) is 5.32 Å². The Morgan fingerprint density at radius 1 is 1.21 bits per heavy atom. The van der Waals surface area contributed by atoms with Crippen LogP contribution in [0.15, 0.2) is 36.4 Å². The lowest BCUT2D eigenvalue weighted by atomic mass is 10.1. The normalized spacial score (nSPS) is 10.8. The number of nitrogens with zero attached hydrogens (tertiary/aromatic N) is 1. The second-order valence-corrected chi connectivity index (χ2v) is 6.10. The molecule has 122 valence electrons. The molecule has 1 aromatic heterocycles. The summed E-state index contributed by atoms with van der Waals surface area (Å²) in [6.07, 6.45) is 0. The lowest BCUT2D eigenvalue weighted by Gasteiger charge is -2.05. The number of carbonyl (C=O) groups excluding carboxylic acids is 1. The van der Waals surface area contributed by atoms with E-state index in [0.717, 1.165) is 23.5 Å². The van der Waals surface area contributed by atoms with E-state index in [2.05, 4.69) is 5.32 Å². The zero-order chi connectivity index (χ0) is 17.4. The van der Waals surface area contributed by atoms with Gasteiger partial charge in [-0.2, -0.15) is 4.39 Å². The molecular weight excluding hydrogens is 338 g/mol. The molecule has 5 nitrogen and oxygen atoms in total. The van der Waals surface area contributed by atoms with Crippen molar-refractivity contribution < 1.29 is 18.5 Å². The third-order valence-electron chi connectivity index (χ3n) is 3.51. The molecule has 0 atom stereocenters. The second-order valence-electron chi connectivity index (χ2n) is 5.05. The average Bonchev–Trinajstić information content (AvgIpc) is 2.87. The number of nitro groups is 1. The van der Waals surface area contributed by atoms with Gasteiger partial charge in [0.2, 0.25) is 5.82 Å².